The molecule has 0 saturated carbocycles. The Balaban J connectivity index is 2.66. The van der Waals surface area contributed by atoms with Crippen molar-refractivity contribution in [2.45, 2.75) is 6.92 Å². The highest BCUT2D eigenvalue weighted by Crippen LogP contribution is 2.29. The molecule has 0 atom stereocenters. The first kappa shape index (κ1) is 10.2. The highest BCUT2D eigenvalue weighted by molar-refractivity contribution is 5.70. The van der Waals surface area contributed by atoms with Crippen LogP contribution in [0.4, 0.5) is 5.69 Å². The minimum atomic E-state index is -0.402. The maximum Gasteiger partial charge on any atom is 0.283 e. The monoisotopic (exact) mass is 215 g/mol. The second kappa shape index (κ2) is 4.06. The Bertz CT molecular complexity index is 526. The van der Waals surface area contributed by atoms with Crippen molar-refractivity contribution in [2.75, 3.05) is 0 Å². The van der Waals surface area contributed by atoms with Gasteiger partial charge in [-0.25, -0.2) is 9.97 Å². The molecule has 5 heteroatoms. The Morgan fingerprint density at radius 1 is 1.19 bits per heavy atom. The van der Waals surface area contributed by atoms with Crippen LogP contribution in [0.1, 0.15) is 5.56 Å². The minimum absolute atomic E-state index is 0.0636. The first-order chi connectivity index (χ1) is 7.70. The van der Waals surface area contributed by atoms with E-state index in [4.69, 9.17) is 0 Å². The third-order valence-corrected chi connectivity index (χ3v) is 2.23. The molecule has 16 heavy (non-hydrogen) atoms. The SMILES string of the molecule is Cc1cccc(-c2ncccn2)c1[N+](=O)[O-]. The number of para-hydroxylation sites is 1. The first-order valence-electron chi connectivity index (χ1n) is 4.71. The maximum absolute atomic E-state index is 11.0. The molecule has 5 nitrogen and oxygen atoms in total. The molecule has 1 aromatic carbocycles. The van der Waals surface area contributed by atoms with Gasteiger partial charge in [-0.3, -0.25) is 10.1 Å². The van der Waals surface area contributed by atoms with Crippen LogP contribution in [0.2, 0.25) is 0 Å². The van der Waals surface area contributed by atoms with Crippen LogP contribution in [0.5, 0.6) is 0 Å². The number of aromatic nitrogens is 2. The van der Waals surface area contributed by atoms with Gasteiger partial charge in [-0.2, -0.15) is 0 Å². The Morgan fingerprint density at radius 2 is 1.88 bits per heavy atom. The molecular weight excluding hydrogens is 206 g/mol. The summed E-state index contributed by atoms with van der Waals surface area (Å²) in [4.78, 5) is 18.6. The predicted octanol–water partition coefficient (Wildman–Crippen LogP) is 2.36. The van der Waals surface area contributed by atoms with Crippen molar-refractivity contribution in [1.29, 1.82) is 0 Å². The van der Waals surface area contributed by atoms with Crippen LogP contribution >= 0.6 is 0 Å². The lowest BCUT2D eigenvalue weighted by Gasteiger charge is -2.03. The number of nitrogens with zero attached hydrogens (tertiary/aromatic N) is 3. The summed E-state index contributed by atoms with van der Waals surface area (Å²) in [5, 5.41) is 11.0. The van der Waals surface area contributed by atoms with Crippen molar-refractivity contribution in [2.24, 2.45) is 0 Å². The summed E-state index contributed by atoms with van der Waals surface area (Å²) in [5.74, 6) is 0.373. The molecule has 0 radical (unpaired) electrons. The molecule has 80 valence electrons. The van der Waals surface area contributed by atoms with Crippen molar-refractivity contribution >= 4 is 5.69 Å². The summed E-state index contributed by atoms with van der Waals surface area (Å²) >= 11 is 0. The fourth-order valence-corrected chi connectivity index (χ4v) is 1.52. The van der Waals surface area contributed by atoms with E-state index in [0.29, 0.717) is 17.0 Å². The van der Waals surface area contributed by atoms with E-state index >= 15 is 0 Å². The molecule has 0 N–H and O–H groups in total. The van der Waals surface area contributed by atoms with E-state index in [1.165, 1.54) is 0 Å². The molecule has 0 fully saturated rings. The van der Waals surface area contributed by atoms with Gasteiger partial charge in [-0.15, -0.1) is 0 Å². The Kier molecular flexibility index (Phi) is 2.59. The number of benzene rings is 1. The Morgan fingerprint density at radius 3 is 2.50 bits per heavy atom. The van der Waals surface area contributed by atoms with Crippen molar-refractivity contribution in [3.63, 3.8) is 0 Å². The third-order valence-electron chi connectivity index (χ3n) is 2.23. The lowest BCUT2D eigenvalue weighted by atomic mass is 10.1. The molecule has 1 aromatic heterocycles. The summed E-state index contributed by atoms with van der Waals surface area (Å²) in [7, 11) is 0. The normalized spacial score (nSPS) is 10.1. The fourth-order valence-electron chi connectivity index (χ4n) is 1.52. The van der Waals surface area contributed by atoms with Crippen LogP contribution < -0.4 is 0 Å². The lowest BCUT2D eigenvalue weighted by molar-refractivity contribution is -0.384. The predicted molar refractivity (Wildman–Crippen MR) is 58.9 cm³/mol. The zero-order valence-corrected chi connectivity index (χ0v) is 8.62. The summed E-state index contributed by atoms with van der Waals surface area (Å²) < 4.78 is 0. The van der Waals surface area contributed by atoms with Gasteiger partial charge in [0.25, 0.3) is 5.69 Å². The summed E-state index contributed by atoms with van der Waals surface area (Å²) in [6.45, 7) is 1.70. The van der Waals surface area contributed by atoms with E-state index in [1.54, 1.807) is 43.6 Å². The number of rotatable bonds is 2. The van der Waals surface area contributed by atoms with Crippen LogP contribution in [0.3, 0.4) is 0 Å². The molecular formula is C11H9N3O2. The highest BCUT2D eigenvalue weighted by atomic mass is 16.6. The molecule has 2 rings (SSSR count). The zero-order chi connectivity index (χ0) is 11.5. The minimum Gasteiger partial charge on any atom is -0.258 e. The van der Waals surface area contributed by atoms with Gasteiger partial charge in [0.05, 0.1) is 10.5 Å². The van der Waals surface area contributed by atoms with Gasteiger partial charge < -0.3 is 0 Å². The van der Waals surface area contributed by atoms with Gasteiger partial charge in [-0.1, -0.05) is 12.1 Å². The molecule has 0 aliphatic carbocycles. The second-order valence-corrected chi connectivity index (χ2v) is 3.30. The van der Waals surface area contributed by atoms with Crippen LogP contribution in [-0.4, -0.2) is 14.9 Å². The van der Waals surface area contributed by atoms with Gasteiger partial charge in [0.15, 0.2) is 5.82 Å². The molecule has 0 bridgehead atoms. The lowest BCUT2D eigenvalue weighted by Crippen LogP contribution is -1.97. The summed E-state index contributed by atoms with van der Waals surface area (Å²) in [6.07, 6.45) is 3.13. The number of aryl methyl sites for hydroxylation is 1. The van der Waals surface area contributed by atoms with E-state index in [9.17, 15) is 10.1 Å². The molecule has 2 aromatic rings. The zero-order valence-electron chi connectivity index (χ0n) is 8.62. The third kappa shape index (κ3) is 1.75. The van der Waals surface area contributed by atoms with E-state index in [0.717, 1.165) is 0 Å². The number of hydrogen-bond acceptors (Lipinski definition) is 4. The van der Waals surface area contributed by atoms with E-state index in [2.05, 4.69) is 9.97 Å². The van der Waals surface area contributed by atoms with Gasteiger partial charge in [0.1, 0.15) is 0 Å². The number of nitro benzene ring substituents is 1. The second-order valence-electron chi connectivity index (χ2n) is 3.30. The first-order valence-corrected chi connectivity index (χ1v) is 4.71. The van der Waals surface area contributed by atoms with E-state index in [1.807, 2.05) is 0 Å². The van der Waals surface area contributed by atoms with Crippen molar-refractivity contribution in [3.8, 4) is 11.4 Å². The Hall–Kier alpha value is -2.30. The van der Waals surface area contributed by atoms with Crippen molar-refractivity contribution in [1.82, 2.24) is 9.97 Å². The molecule has 1 heterocycles. The topological polar surface area (TPSA) is 68.9 Å². The molecule has 0 unspecified atom stereocenters. The number of hydrogen-bond donors (Lipinski definition) is 0. The van der Waals surface area contributed by atoms with Gasteiger partial charge in [0.2, 0.25) is 0 Å². The van der Waals surface area contributed by atoms with Crippen LogP contribution in [0, 0.1) is 17.0 Å². The molecule has 0 saturated heterocycles. The average molecular weight is 215 g/mol. The fraction of sp³-hybridized carbons (Fsp3) is 0.0909. The average Bonchev–Trinajstić information content (AvgIpc) is 2.29. The van der Waals surface area contributed by atoms with E-state index in [-0.39, 0.29) is 5.69 Å². The van der Waals surface area contributed by atoms with Gasteiger partial charge in [-0.05, 0) is 19.1 Å². The maximum atomic E-state index is 11.0. The van der Waals surface area contributed by atoms with Crippen LogP contribution in [-0.2, 0) is 0 Å². The highest BCUT2D eigenvalue weighted by Gasteiger charge is 2.19. The smallest absolute Gasteiger partial charge is 0.258 e. The summed E-state index contributed by atoms with van der Waals surface area (Å²) in [5.41, 5.74) is 1.12. The quantitative estimate of drug-likeness (QED) is 0.569. The van der Waals surface area contributed by atoms with Crippen molar-refractivity contribution < 1.29 is 4.92 Å². The largest absolute Gasteiger partial charge is 0.283 e. The van der Waals surface area contributed by atoms with Gasteiger partial charge in [0, 0.05) is 18.0 Å². The Labute approximate surface area is 91.9 Å². The summed E-state index contributed by atoms with van der Waals surface area (Å²) in [6, 6.07) is 6.78. The van der Waals surface area contributed by atoms with Gasteiger partial charge >= 0.3 is 0 Å². The van der Waals surface area contributed by atoms with Crippen LogP contribution in [0.25, 0.3) is 11.4 Å². The van der Waals surface area contributed by atoms with Crippen LogP contribution in [0.15, 0.2) is 36.7 Å². The van der Waals surface area contributed by atoms with E-state index < -0.39 is 4.92 Å². The molecule has 0 amide bonds. The molecule has 0 aliphatic rings. The standard InChI is InChI=1S/C11H9N3O2/c1-8-4-2-5-9(10(8)14(15)16)11-12-6-3-7-13-11/h2-7H,1H3. The van der Waals surface area contributed by atoms with Crippen molar-refractivity contribution in [3.05, 3.63) is 52.3 Å². The molecule has 0 spiro atoms. The molecule has 0 aliphatic heterocycles. The number of nitro groups is 1.